The summed E-state index contributed by atoms with van der Waals surface area (Å²) in [4.78, 5) is 23.5. The van der Waals surface area contributed by atoms with Gasteiger partial charge in [-0.25, -0.2) is 9.78 Å². The summed E-state index contributed by atoms with van der Waals surface area (Å²) in [6, 6.07) is 9.73. The summed E-state index contributed by atoms with van der Waals surface area (Å²) < 4.78 is 7.68. The molecule has 1 aromatic carbocycles. The monoisotopic (exact) mass is 409 g/mol. The minimum atomic E-state index is 0.0553. The van der Waals surface area contributed by atoms with E-state index in [1.807, 2.05) is 38.9 Å². The van der Waals surface area contributed by atoms with Crippen LogP contribution in [0.3, 0.4) is 0 Å². The molecule has 8 heteroatoms. The molecule has 1 spiro atoms. The maximum absolute atomic E-state index is 13.1. The molecule has 2 amide bonds. The van der Waals surface area contributed by atoms with Crippen LogP contribution in [0.1, 0.15) is 0 Å². The van der Waals surface area contributed by atoms with Crippen molar-refractivity contribution in [2.75, 3.05) is 49.1 Å². The van der Waals surface area contributed by atoms with Crippen LogP contribution >= 0.6 is 11.6 Å². The minimum Gasteiger partial charge on any atom is -0.489 e. The number of halogens is 1. The van der Waals surface area contributed by atoms with Crippen molar-refractivity contribution in [1.29, 1.82) is 0 Å². The molecule has 29 heavy (non-hydrogen) atoms. The normalized spacial score (nSPS) is 19.6. The van der Waals surface area contributed by atoms with E-state index < -0.39 is 0 Å². The van der Waals surface area contributed by atoms with Gasteiger partial charge in [-0.3, -0.25) is 4.90 Å². The summed E-state index contributed by atoms with van der Waals surface area (Å²) >= 11 is 6.05. The first kappa shape index (κ1) is 17.0. The number of hydrogen-bond donors (Lipinski definition) is 0. The molecule has 0 radical (unpaired) electrons. The van der Waals surface area contributed by atoms with Crippen LogP contribution in [0.5, 0.6) is 5.75 Å². The van der Waals surface area contributed by atoms with Gasteiger partial charge >= 0.3 is 6.03 Å². The maximum atomic E-state index is 13.1. The number of benzene rings is 1. The topological polar surface area (TPSA) is 53.3 Å². The molecule has 6 rings (SSSR count). The number of hydrogen-bond acceptors (Lipinski definition) is 4. The first-order chi connectivity index (χ1) is 14.1. The van der Waals surface area contributed by atoms with Crippen molar-refractivity contribution in [3.05, 3.63) is 53.9 Å². The van der Waals surface area contributed by atoms with E-state index in [2.05, 4.69) is 22.0 Å². The van der Waals surface area contributed by atoms with Gasteiger partial charge in [0.05, 0.1) is 12.2 Å². The van der Waals surface area contributed by atoms with Crippen molar-refractivity contribution in [3.8, 4) is 5.75 Å². The number of anilines is 2. The van der Waals surface area contributed by atoms with E-state index in [1.165, 1.54) is 5.69 Å². The van der Waals surface area contributed by atoms with E-state index in [0.717, 1.165) is 37.5 Å². The number of likely N-dealkylation sites (tertiary alicyclic amines) is 1. The fourth-order valence-electron chi connectivity index (χ4n) is 4.70. The number of fused-ring (bicyclic) bond motifs is 2. The molecule has 0 aliphatic carbocycles. The zero-order valence-corrected chi connectivity index (χ0v) is 16.5. The highest BCUT2D eigenvalue weighted by Gasteiger charge is 2.54. The number of aromatic nitrogens is 2. The van der Waals surface area contributed by atoms with Gasteiger partial charge in [-0.1, -0.05) is 11.6 Å². The lowest BCUT2D eigenvalue weighted by Crippen LogP contribution is -2.74. The van der Waals surface area contributed by atoms with Crippen LogP contribution in [-0.2, 0) is 0 Å². The molecular formula is C21H20ClN5O2. The predicted octanol–water partition coefficient (Wildman–Crippen LogP) is 3.13. The van der Waals surface area contributed by atoms with Crippen LogP contribution in [0.25, 0.3) is 5.65 Å². The smallest absolute Gasteiger partial charge is 0.324 e. The van der Waals surface area contributed by atoms with Crippen LogP contribution in [0, 0.1) is 5.41 Å². The average Bonchev–Trinajstić information content (AvgIpc) is 3.13. The molecule has 2 fully saturated rings. The quantitative estimate of drug-likeness (QED) is 0.619. The molecule has 3 aromatic rings. The highest BCUT2D eigenvalue weighted by Crippen LogP contribution is 2.43. The van der Waals surface area contributed by atoms with Crippen LogP contribution in [0.15, 0.2) is 48.9 Å². The number of carbonyl (C=O) groups excluding carboxylic acids is 1. The van der Waals surface area contributed by atoms with Crippen molar-refractivity contribution < 1.29 is 9.53 Å². The second kappa shape index (κ2) is 6.03. The number of carbonyl (C=O) groups is 1. The van der Waals surface area contributed by atoms with E-state index in [9.17, 15) is 4.79 Å². The summed E-state index contributed by atoms with van der Waals surface area (Å²) in [5, 5.41) is 0.615. The third-order valence-corrected chi connectivity index (χ3v) is 6.37. The molecular weight excluding hydrogens is 390 g/mol. The summed E-state index contributed by atoms with van der Waals surface area (Å²) in [5.41, 5.74) is 3.17. The van der Waals surface area contributed by atoms with Crippen LogP contribution in [0.4, 0.5) is 16.2 Å². The molecule has 0 saturated carbocycles. The summed E-state index contributed by atoms with van der Waals surface area (Å²) in [5.74, 6) is 0.677. The Morgan fingerprint density at radius 3 is 2.83 bits per heavy atom. The molecule has 0 atom stereocenters. The molecule has 0 bridgehead atoms. The van der Waals surface area contributed by atoms with Crippen LogP contribution < -0.4 is 14.5 Å². The Kier molecular flexibility index (Phi) is 3.53. The maximum Gasteiger partial charge on any atom is 0.324 e. The number of nitrogens with zero attached hydrogens (tertiary/aromatic N) is 5. The van der Waals surface area contributed by atoms with E-state index in [0.29, 0.717) is 23.9 Å². The molecule has 0 N–H and O–H groups in total. The molecule has 2 aromatic heterocycles. The Balaban J connectivity index is 1.12. The highest BCUT2D eigenvalue weighted by atomic mass is 35.5. The first-order valence-corrected chi connectivity index (χ1v) is 10.1. The number of imidazole rings is 1. The lowest BCUT2D eigenvalue weighted by atomic mass is 9.72. The van der Waals surface area contributed by atoms with Gasteiger partial charge in [-0.05, 0) is 18.2 Å². The lowest BCUT2D eigenvalue weighted by Gasteiger charge is -2.61. The predicted molar refractivity (Wildman–Crippen MR) is 111 cm³/mol. The minimum absolute atomic E-state index is 0.0553. The third-order valence-electron chi connectivity index (χ3n) is 6.14. The highest BCUT2D eigenvalue weighted by molar-refractivity contribution is 6.30. The van der Waals surface area contributed by atoms with E-state index in [4.69, 9.17) is 16.3 Å². The Morgan fingerprint density at radius 2 is 1.97 bits per heavy atom. The molecule has 3 aliphatic rings. The first-order valence-electron chi connectivity index (χ1n) is 9.77. The second-order valence-corrected chi connectivity index (χ2v) is 8.62. The van der Waals surface area contributed by atoms with Crippen molar-refractivity contribution >= 4 is 34.7 Å². The number of rotatable bonds is 1. The number of urea groups is 1. The van der Waals surface area contributed by atoms with E-state index in [-0.39, 0.29) is 11.4 Å². The van der Waals surface area contributed by atoms with Gasteiger partial charge in [0.1, 0.15) is 18.0 Å². The van der Waals surface area contributed by atoms with Crippen LogP contribution in [0.2, 0.25) is 5.02 Å². The average molecular weight is 410 g/mol. The Hall–Kier alpha value is -2.93. The SMILES string of the molecule is O=C(N1CC2(C1)CN(c1ccn3ccnc3c1)C2)N1CCOc2cc(Cl)ccc21. The molecule has 5 heterocycles. The number of amides is 2. The van der Waals surface area contributed by atoms with Crippen LogP contribution in [-0.4, -0.2) is 59.6 Å². The van der Waals surface area contributed by atoms with Crippen molar-refractivity contribution in [3.63, 3.8) is 0 Å². The summed E-state index contributed by atoms with van der Waals surface area (Å²) in [6.45, 7) is 4.60. The summed E-state index contributed by atoms with van der Waals surface area (Å²) in [6.07, 6.45) is 5.80. The van der Waals surface area contributed by atoms with Gasteiger partial charge in [0.25, 0.3) is 0 Å². The second-order valence-electron chi connectivity index (χ2n) is 8.18. The van der Waals surface area contributed by atoms with Gasteiger partial charge in [0.2, 0.25) is 0 Å². The number of ether oxygens (including phenoxy) is 1. The molecule has 3 aliphatic heterocycles. The van der Waals surface area contributed by atoms with Gasteiger partial charge in [-0.15, -0.1) is 0 Å². The van der Waals surface area contributed by atoms with Crippen molar-refractivity contribution in [2.24, 2.45) is 5.41 Å². The lowest BCUT2D eigenvalue weighted by molar-refractivity contribution is 0.00969. The third kappa shape index (κ3) is 2.64. The standard InChI is InChI=1S/C21H20ClN5O2/c22-15-1-2-17-18(9-15)29-8-7-27(17)20(28)26-13-21(14-26)11-25(12-21)16-3-5-24-6-4-23-19(24)10-16/h1-6,9-10H,7-8,11-14H2. The fraction of sp³-hybridized carbons (Fsp3) is 0.333. The zero-order chi connectivity index (χ0) is 19.6. The van der Waals surface area contributed by atoms with Crippen molar-refractivity contribution in [2.45, 2.75) is 0 Å². The van der Waals surface area contributed by atoms with Gasteiger partial charge in [0, 0.05) is 73.0 Å². The van der Waals surface area contributed by atoms with E-state index >= 15 is 0 Å². The summed E-state index contributed by atoms with van der Waals surface area (Å²) in [7, 11) is 0. The Bertz CT molecular complexity index is 1120. The number of pyridine rings is 1. The molecule has 0 unspecified atom stereocenters. The molecule has 148 valence electrons. The van der Waals surface area contributed by atoms with Gasteiger partial charge in [-0.2, -0.15) is 0 Å². The largest absolute Gasteiger partial charge is 0.489 e. The van der Waals surface area contributed by atoms with E-state index in [1.54, 1.807) is 12.1 Å². The van der Waals surface area contributed by atoms with Gasteiger partial charge < -0.3 is 18.9 Å². The zero-order valence-electron chi connectivity index (χ0n) is 15.8. The fourth-order valence-corrected chi connectivity index (χ4v) is 4.87. The molecule has 2 saturated heterocycles. The van der Waals surface area contributed by atoms with Crippen molar-refractivity contribution in [1.82, 2.24) is 14.3 Å². The van der Waals surface area contributed by atoms with Gasteiger partial charge in [0.15, 0.2) is 0 Å². The molecule has 7 nitrogen and oxygen atoms in total. The Labute approximate surface area is 173 Å². The Morgan fingerprint density at radius 1 is 1.10 bits per heavy atom.